The molecule has 0 saturated carbocycles. The molecule has 0 bridgehead atoms. The number of rotatable bonds is 3. The van der Waals surface area contributed by atoms with E-state index in [1.807, 2.05) is 40.4 Å². The van der Waals surface area contributed by atoms with E-state index in [4.69, 9.17) is 17.3 Å². The number of hydrogen-bond acceptors (Lipinski definition) is 3. The summed E-state index contributed by atoms with van der Waals surface area (Å²) in [7, 11) is 0. The van der Waals surface area contributed by atoms with E-state index in [1.54, 1.807) is 11.3 Å². The Labute approximate surface area is 128 Å². The predicted octanol–water partition coefficient (Wildman–Crippen LogP) is 4.05. The zero-order chi connectivity index (χ0) is 13.4. The van der Waals surface area contributed by atoms with Gasteiger partial charge in [-0.25, -0.2) is 4.98 Å². The zero-order valence-electron chi connectivity index (χ0n) is 9.88. The highest BCUT2D eigenvalue weighted by atomic mass is 79.9. The van der Waals surface area contributed by atoms with Gasteiger partial charge in [0.25, 0.3) is 0 Å². The summed E-state index contributed by atoms with van der Waals surface area (Å²) in [6.07, 6.45) is 4.73. The maximum Gasteiger partial charge on any atom is 0.193 e. The third-order valence-corrected chi connectivity index (χ3v) is 4.63. The molecule has 0 saturated heterocycles. The van der Waals surface area contributed by atoms with Gasteiger partial charge in [-0.05, 0) is 17.7 Å². The molecular weight excluding hydrogens is 346 g/mol. The van der Waals surface area contributed by atoms with E-state index < -0.39 is 0 Å². The van der Waals surface area contributed by atoms with Crippen LogP contribution in [-0.4, -0.2) is 9.38 Å². The molecule has 0 aliphatic rings. The third-order valence-electron chi connectivity index (χ3n) is 2.93. The van der Waals surface area contributed by atoms with E-state index in [-0.39, 0.29) is 6.04 Å². The molecule has 0 aliphatic carbocycles. The maximum atomic E-state index is 6.25. The van der Waals surface area contributed by atoms with E-state index in [9.17, 15) is 0 Å². The van der Waals surface area contributed by atoms with Gasteiger partial charge in [0, 0.05) is 39.7 Å². The lowest BCUT2D eigenvalue weighted by Gasteiger charge is -2.12. The van der Waals surface area contributed by atoms with Crippen LogP contribution in [0.4, 0.5) is 0 Å². The quantitative estimate of drug-likeness (QED) is 0.769. The molecule has 2 aromatic heterocycles. The fourth-order valence-corrected chi connectivity index (χ4v) is 3.71. The first kappa shape index (κ1) is 13.1. The summed E-state index contributed by atoms with van der Waals surface area (Å²) in [6, 6.07) is 5.57. The van der Waals surface area contributed by atoms with Crippen LogP contribution in [0.3, 0.4) is 0 Å². The smallest absolute Gasteiger partial charge is 0.193 e. The monoisotopic (exact) mass is 355 g/mol. The molecule has 0 radical (unpaired) electrons. The Morgan fingerprint density at radius 2 is 2.32 bits per heavy atom. The van der Waals surface area contributed by atoms with Gasteiger partial charge in [-0.3, -0.25) is 4.40 Å². The first-order chi connectivity index (χ1) is 9.13. The standard InChI is InChI=1S/C13H11BrClN3S/c14-11-5-8(15)1-2-10(11)12(16)6-9-7-18-3-4-19-13(18)17-9/h1-5,7,12H,6,16H2. The van der Waals surface area contributed by atoms with Crippen molar-refractivity contribution >= 4 is 43.8 Å². The summed E-state index contributed by atoms with van der Waals surface area (Å²) in [4.78, 5) is 5.54. The summed E-state index contributed by atoms with van der Waals surface area (Å²) < 4.78 is 2.96. The second kappa shape index (κ2) is 5.25. The fourth-order valence-electron chi connectivity index (χ4n) is 2.01. The van der Waals surface area contributed by atoms with Gasteiger partial charge in [-0.15, -0.1) is 11.3 Å². The molecule has 2 heterocycles. The predicted molar refractivity (Wildman–Crippen MR) is 82.9 cm³/mol. The highest BCUT2D eigenvalue weighted by Gasteiger charge is 2.13. The van der Waals surface area contributed by atoms with Crippen molar-refractivity contribution < 1.29 is 0 Å². The van der Waals surface area contributed by atoms with E-state index in [2.05, 4.69) is 20.9 Å². The molecule has 98 valence electrons. The van der Waals surface area contributed by atoms with Gasteiger partial charge < -0.3 is 5.73 Å². The molecule has 1 unspecified atom stereocenters. The third kappa shape index (κ3) is 2.69. The second-order valence-electron chi connectivity index (χ2n) is 4.30. The van der Waals surface area contributed by atoms with Crippen LogP contribution in [0.15, 0.2) is 40.4 Å². The number of halogens is 2. The molecule has 2 N–H and O–H groups in total. The topological polar surface area (TPSA) is 43.3 Å². The Balaban J connectivity index is 1.84. The van der Waals surface area contributed by atoms with Gasteiger partial charge in [-0.2, -0.15) is 0 Å². The van der Waals surface area contributed by atoms with Gasteiger partial charge in [0.15, 0.2) is 4.96 Å². The molecule has 1 atom stereocenters. The van der Waals surface area contributed by atoms with Gasteiger partial charge in [0.1, 0.15) is 0 Å². The SMILES string of the molecule is NC(Cc1cn2ccsc2n1)c1ccc(Cl)cc1Br. The fraction of sp³-hybridized carbons (Fsp3) is 0.154. The minimum Gasteiger partial charge on any atom is -0.324 e. The summed E-state index contributed by atoms with van der Waals surface area (Å²) >= 11 is 11.1. The van der Waals surface area contributed by atoms with E-state index >= 15 is 0 Å². The van der Waals surface area contributed by atoms with Crippen molar-refractivity contribution in [2.24, 2.45) is 5.73 Å². The van der Waals surface area contributed by atoms with Gasteiger partial charge in [0.2, 0.25) is 0 Å². The normalized spacial score (nSPS) is 13.0. The van der Waals surface area contributed by atoms with Crippen LogP contribution in [0.5, 0.6) is 0 Å². The summed E-state index contributed by atoms with van der Waals surface area (Å²) in [5.41, 5.74) is 8.29. The molecule has 1 aromatic carbocycles. The van der Waals surface area contributed by atoms with Crippen LogP contribution >= 0.6 is 38.9 Å². The van der Waals surface area contributed by atoms with E-state index in [1.165, 1.54) is 0 Å². The number of benzene rings is 1. The zero-order valence-corrected chi connectivity index (χ0v) is 13.0. The maximum absolute atomic E-state index is 6.25. The van der Waals surface area contributed by atoms with Crippen molar-refractivity contribution in [2.45, 2.75) is 12.5 Å². The number of hydrogen-bond donors (Lipinski definition) is 1. The number of imidazole rings is 1. The van der Waals surface area contributed by atoms with Crippen LogP contribution in [0.25, 0.3) is 4.96 Å². The van der Waals surface area contributed by atoms with Crippen LogP contribution in [0, 0.1) is 0 Å². The van der Waals surface area contributed by atoms with Crippen molar-refractivity contribution in [2.75, 3.05) is 0 Å². The lowest BCUT2D eigenvalue weighted by Crippen LogP contribution is -2.14. The van der Waals surface area contributed by atoms with Crippen molar-refractivity contribution in [1.29, 1.82) is 0 Å². The second-order valence-corrected chi connectivity index (χ2v) is 6.47. The Bertz CT molecular complexity index is 693. The van der Waals surface area contributed by atoms with Crippen molar-refractivity contribution in [3.8, 4) is 0 Å². The van der Waals surface area contributed by atoms with Gasteiger partial charge >= 0.3 is 0 Å². The van der Waals surface area contributed by atoms with E-state index in [0.717, 1.165) is 20.7 Å². The van der Waals surface area contributed by atoms with Crippen molar-refractivity contribution in [1.82, 2.24) is 9.38 Å². The lowest BCUT2D eigenvalue weighted by atomic mass is 10.0. The number of nitrogens with zero attached hydrogens (tertiary/aromatic N) is 2. The highest BCUT2D eigenvalue weighted by Crippen LogP contribution is 2.27. The first-order valence-electron chi connectivity index (χ1n) is 5.75. The highest BCUT2D eigenvalue weighted by molar-refractivity contribution is 9.10. The molecule has 19 heavy (non-hydrogen) atoms. The molecular formula is C13H11BrClN3S. The largest absolute Gasteiger partial charge is 0.324 e. The number of thiazole rings is 1. The lowest BCUT2D eigenvalue weighted by molar-refractivity contribution is 0.707. The van der Waals surface area contributed by atoms with Crippen LogP contribution in [-0.2, 0) is 6.42 Å². The molecule has 0 spiro atoms. The molecule has 3 rings (SSSR count). The Hall–Kier alpha value is -0.880. The minimum absolute atomic E-state index is 0.101. The minimum atomic E-state index is -0.101. The molecule has 0 fully saturated rings. The summed E-state index contributed by atoms with van der Waals surface area (Å²) in [6.45, 7) is 0. The average Bonchev–Trinajstić information content (AvgIpc) is 2.89. The van der Waals surface area contributed by atoms with Crippen molar-refractivity contribution in [3.05, 3.63) is 56.7 Å². The van der Waals surface area contributed by atoms with Crippen LogP contribution in [0.1, 0.15) is 17.3 Å². The molecule has 6 heteroatoms. The first-order valence-corrected chi connectivity index (χ1v) is 7.80. The van der Waals surface area contributed by atoms with Crippen LogP contribution < -0.4 is 5.73 Å². The molecule has 0 aliphatic heterocycles. The molecule has 3 nitrogen and oxygen atoms in total. The summed E-state index contributed by atoms with van der Waals surface area (Å²) in [5, 5.41) is 2.72. The molecule has 3 aromatic rings. The number of fused-ring (bicyclic) bond motifs is 1. The van der Waals surface area contributed by atoms with Crippen LogP contribution in [0.2, 0.25) is 5.02 Å². The van der Waals surface area contributed by atoms with E-state index in [0.29, 0.717) is 11.4 Å². The van der Waals surface area contributed by atoms with Gasteiger partial charge in [0.05, 0.1) is 5.69 Å². The number of nitrogens with two attached hydrogens (primary N) is 1. The Morgan fingerprint density at radius 1 is 1.47 bits per heavy atom. The number of aromatic nitrogens is 2. The Morgan fingerprint density at radius 3 is 3.05 bits per heavy atom. The summed E-state index contributed by atoms with van der Waals surface area (Å²) in [5.74, 6) is 0. The average molecular weight is 357 g/mol. The van der Waals surface area contributed by atoms with Crippen molar-refractivity contribution in [3.63, 3.8) is 0 Å². The molecule has 0 amide bonds. The van der Waals surface area contributed by atoms with Gasteiger partial charge in [-0.1, -0.05) is 33.6 Å². The Kier molecular flexibility index (Phi) is 3.62.